The van der Waals surface area contributed by atoms with Crippen LogP contribution in [0.25, 0.3) is 0 Å². The van der Waals surface area contributed by atoms with Crippen molar-refractivity contribution < 1.29 is 9.53 Å². The second-order valence-electron chi connectivity index (χ2n) is 4.21. The van der Waals surface area contributed by atoms with Crippen LogP contribution in [0.4, 0.5) is 0 Å². The lowest BCUT2D eigenvalue weighted by atomic mass is 9.96. The van der Waals surface area contributed by atoms with Crippen LogP contribution in [-0.2, 0) is 11.2 Å². The fourth-order valence-corrected chi connectivity index (χ4v) is 2.35. The maximum Gasteiger partial charge on any atom is 0.130 e. The van der Waals surface area contributed by atoms with Crippen LogP contribution in [0.2, 0.25) is 0 Å². The first-order valence-electron chi connectivity index (χ1n) is 5.37. The topological polar surface area (TPSA) is 26.3 Å². The monoisotopic (exact) mass is 204 g/mol. The molecule has 0 heterocycles. The molecule has 0 bridgehead atoms. The third-order valence-electron chi connectivity index (χ3n) is 3.09. The van der Waals surface area contributed by atoms with Crippen molar-refractivity contribution >= 4 is 5.78 Å². The Balaban J connectivity index is 2.27. The maximum absolute atomic E-state index is 11.1. The van der Waals surface area contributed by atoms with E-state index in [-0.39, 0.29) is 5.78 Å². The fourth-order valence-electron chi connectivity index (χ4n) is 2.35. The van der Waals surface area contributed by atoms with Gasteiger partial charge < -0.3 is 9.53 Å². The standard InChI is InChI=1S/C13H16O2/c1-9(14)7-11-4-3-10-5-6-12(15-2)8-13(10)11/h5-6,8,11H,3-4,7H2,1-2H3. The fraction of sp³-hybridized carbons (Fsp3) is 0.462. The van der Waals surface area contributed by atoms with E-state index in [9.17, 15) is 4.79 Å². The Morgan fingerprint density at radius 3 is 3.00 bits per heavy atom. The highest BCUT2D eigenvalue weighted by Crippen LogP contribution is 2.37. The average molecular weight is 204 g/mol. The summed E-state index contributed by atoms with van der Waals surface area (Å²) in [5, 5.41) is 0. The molecule has 0 saturated carbocycles. The maximum atomic E-state index is 11.1. The lowest BCUT2D eigenvalue weighted by molar-refractivity contribution is -0.117. The Hall–Kier alpha value is -1.31. The van der Waals surface area contributed by atoms with Crippen molar-refractivity contribution in [2.45, 2.75) is 32.1 Å². The summed E-state index contributed by atoms with van der Waals surface area (Å²) in [4.78, 5) is 11.1. The van der Waals surface area contributed by atoms with Crippen LogP contribution in [0.1, 0.15) is 36.8 Å². The number of ether oxygens (including phenoxy) is 1. The van der Waals surface area contributed by atoms with E-state index in [2.05, 4.69) is 12.1 Å². The van der Waals surface area contributed by atoms with E-state index < -0.39 is 0 Å². The largest absolute Gasteiger partial charge is 0.497 e. The first kappa shape index (κ1) is 10.2. The number of rotatable bonds is 3. The smallest absolute Gasteiger partial charge is 0.130 e. The van der Waals surface area contributed by atoms with Crippen molar-refractivity contribution in [2.75, 3.05) is 7.11 Å². The quantitative estimate of drug-likeness (QED) is 0.756. The second-order valence-corrected chi connectivity index (χ2v) is 4.21. The molecule has 80 valence electrons. The molecule has 2 heteroatoms. The third kappa shape index (κ3) is 2.04. The number of methoxy groups -OCH3 is 1. The molecule has 0 fully saturated rings. The highest BCUT2D eigenvalue weighted by Gasteiger charge is 2.23. The zero-order valence-electron chi connectivity index (χ0n) is 9.25. The molecule has 0 spiro atoms. The van der Waals surface area contributed by atoms with Crippen molar-refractivity contribution in [1.29, 1.82) is 0 Å². The number of fused-ring (bicyclic) bond motifs is 1. The van der Waals surface area contributed by atoms with E-state index >= 15 is 0 Å². The zero-order chi connectivity index (χ0) is 10.8. The van der Waals surface area contributed by atoms with Crippen LogP contribution >= 0.6 is 0 Å². The molecule has 1 aromatic rings. The van der Waals surface area contributed by atoms with Crippen molar-refractivity contribution in [3.63, 3.8) is 0 Å². The molecule has 1 aliphatic carbocycles. The number of benzene rings is 1. The molecular formula is C13H16O2. The van der Waals surface area contributed by atoms with Gasteiger partial charge in [-0.15, -0.1) is 0 Å². The number of carbonyl (C=O) groups excluding carboxylic acids is 1. The molecule has 2 nitrogen and oxygen atoms in total. The van der Waals surface area contributed by atoms with Gasteiger partial charge in [0, 0.05) is 6.42 Å². The summed E-state index contributed by atoms with van der Waals surface area (Å²) in [5.41, 5.74) is 2.69. The van der Waals surface area contributed by atoms with Crippen molar-refractivity contribution in [2.24, 2.45) is 0 Å². The predicted octanol–water partition coefficient (Wildman–Crippen LogP) is 2.70. The summed E-state index contributed by atoms with van der Waals surface area (Å²) >= 11 is 0. The van der Waals surface area contributed by atoms with Crippen LogP contribution < -0.4 is 4.74 Å². The van der Waals surface area contributed by atoms with Gasteiger partial charge >= 0.3 is 0 Å². The first-order chi connectivity index (χ1) is 7.20. The van der Waals surface area contributed by atoms with E-state index in [4.69, 9.17) is 4.74 Å². The number of hydrogen-bond donors (Lipinski definition) is 0. The minimum Gasteiger partial charge on any atom is -0.497 e. The molecule has 0 aromatic heterocycles. The summed E-state index contributed by atoms with van der Waals surface area (Å²) < 4.78 is 5.21. The molecule has 0 radical (unpaired) electrons. The van der Waals surface area contributed by atoms with Gasteiger partial charge in [-0.05, 0) is 48.9 Å². The van der Waals surface area contributed by atoms with Crippen LogP contribution in [0.15, 0.2) is 18.2 Å². The molecule has 2 rings (SSSR count). The second kappa shape index (κ2) is 4.05. The molecular weight excluding hydrogens is 188 g/mol. The van der Waals surface area contributed by atoms with Gasteiger partial charge in [0.25, 0.3) is 0 Å². The Kier molecular flexibility index (Phi) is 2.76. The summed E-state index contributed by atoms with van der Waals surface area (Å²) in [5.74, 6) is 1.58. The van der Waals surface area contributed by atoms with Gasteiger partial charge in [0.15, 0.2) is 0 Å². The molecule has 0 saturated heterocycles. The highest BCUT2D eigenvalue weighted by atomic mass is 16.5. The minimum absolute atomic E-state index is 0.274. The van der Waals surface area contributed by atoms with Crippen molar-refractivity contribution in [3.8, 4) is 5.75 Å². The Morgan fingerprint density at radius 1 is 1.53 bits per heavy atom. The molecule has 0 amide bonds. The van der Waals surface area contributed by atoms with Gasteiger partial charge in [0.1, 0.15) is 11.5 Å². The summed E-state index contributed by atoms with van der Waals surface area (Å²) in [6.07, 6.45) is 2.86. The normalized spacial score (nSPS) is 18.7. The molecule has 15 heavy (non-hydrogen) atoms. The first-order valence-corrected chi connectivity index (χ1v) is 5.37. The number of Topliss-reactive ketones (excluding diaryl/α,β-unsaturated/α-hetero) is 1. The molecule has 0 N–H and O–H groups in total. The van der Waals surface area contributed by atoms with Crippen molar-refractivity contribution in [1.82, 2.24) is 0 Å². The molecule has 1 aromatic carbocycles. The van der Waals surface area contributed by atoms with E-state index in [1.54, 1.807) is 14.0 Å². The van der Waals surface area contributed by atoms with E-state index in [1.165, 1.54) is 11.1 Å². The van der Waals surface area contributed by atoms with Gasteiger partial charge in [-0.3, -0.25) is 0 Å². The molecule has 1 unspecified atom stereocenters. The van der Waals surface area contributed by atoms with Crippen LogP contribution in [-0.4, -0.2) is 12.9 Å². The molecule has 1 atom stereocenters. The van der Waals surface area contributed by atoms with Crippen LogP contribution in [0, 0.1) is 0 Å². The van der Waals surface area contributed by atoms with Crippen LogP contribution in [0.3, 0.4) is 0 Å². The van der Waals surface area contributed by atoms with Crippen molar-refractivity contribution in [3.05, 3.63) is 29.3 Å². The highest BCUT2D eigenvalue weighted by molar-refractivity contribution is 5.76. The van der Waals surface area contributed by atoms with Gasteiger partial charge in [0.05, 0.1) is 7.11 Å². The number of ketones is 1. The van der Waals surface area contributed by atoms with Gasteiger partial charge in [-0.2, -0.15) is 0 Å². The average Bonchev–Trinajstić information content (AvgIpc) is 2.60. The Morgan fingerprint density at radius 2 is 2.33 bits per heavy atom. The SMILES string of the molecule is COc1ccc2c(c1)C(CC(C)=O)CC2. The lowest BCUT2D eigenvalue weighted by Gasteiger charge is -2.10. The van der Waals surface area contributed by atoms with Gasteiger partial charge in [-0.1, -0.05) is 6.07 Å². The summed E-state index contributed by atoms with van der Waals surface area (Å²) in [6, 6.07) is 6.19. The minimum atomic E-state index is 0.274. The predicted molar refractivity (Wildman–Crippen MR) is 59.4 cm³/mol. The van der Waals surface area contributed by atoms with Crippen LogP contribution in [0.5, 0.6) is 5.75 Å². The van der Waals surface area contributed by atoms with Gasteiger partial charge in [-0.25, -0.2) is 0 Å². The Bertz CT molecular complexity index is 382. The summed E-state index contributed by atoms with van der Waals surface area (Å²) in [7, 11) is 1.68. The number of hydrogen-bond acceptors (Lipinski definition) is 2. The van der Waals surface area contributed by atoms with E-state index in [1.807, 2.05) is 6.07 Å². The van der Waals surface area contributed by atoms with Gasteiger partial charge in [0.2, 0.25) is 0 Å². The molecule has 0 aliphatic heterocycles. The lowest BCUT2D eigenvalue weighted by Crippen LogP contribution is -2.00. The van der Waals surface area contributed by atoms with E-state index in [0.29, 0.717) is 12.3 Å². The Labute approximate surface area is 90.3 Å². The zero-order valence-corrected chi connectivity index (χ0v) is 9.25. The third-order valence-corrected chi connectivity index (χ3v) is 3.09. The van der Waals surface area contributed by atoms with E-state index in [0.717, 1.165) is 18.6 Å². The molecule has 1 aliphatic rings. The number of aryl methyl sites for hydroxylation is 1. The number of carbonyl (C=O) groups is 1. The summed E-state index contributed by atoms with van der Waals surface area (Å²) in [6.45, 7) is 1.66.